The first-order valence-corrected chi connectivity index (χ1v) is 9.81. The number of nitrogens with zero attached hydrogens (tertiary/aromatic N) is 2. The van der Waals surface area contributed by atoms with Crippen LogP contribution in [0.4, 0.5) is 0 Å². The molecule has 0 saturated carbocycles. The van der Waals surface area contributed by atoms with Crippen molar-refractivity contribution in [3.63, 3.8) is 0 Å². The second-order valence-electron chi connectivity index (χ2n) is 6.32. The number of rotatable bonds is 9. The summed E-state index contributed by atoms with van der Waals surface area (Å²) in [7, 11) is 0. The summed E-state index contributed by atoms with van der Waals surface area (Å²) in [6, 6.07) is 3.80. The molecule has 0 saturated heterocycles. The molecule has 2 heterocycles. The van der Waals surface area contributed by atoms with Crippen LogP contribution in [0.5, 0.6) is 0 Å². The normalized spacial score (nSPS) is 12.2. The number of nitrogens with one attached hydrogen (secondary N) is 1. The molecular formula is C19H27N3O2S. The number of carbonyl (C=O) groups is 1. The van der Waals surface area contributed by atoms with Crippen LogP contribution >= 0.6 is 11.8 Å². The molecule has 2 aromatic rings. The molecule has 0 aromatic carbocycles. The predicted molar refractivity (Wildman–Crippen MR) is 101 cm³/mol. The summed E-state index contributed by atoms with van der Waals surface area (Å²) in [4.78, 5) is 17.0. The van der Waals surface area contributed by atoms with Crippen molar-refractivity contribution in [2.24, 2.45) is 0 Å². The number of pyridine rings is 1. The molecule has 5 nitrogen and oxygen atoms in total. The van der Waals surface area contributed by atoms with Crippen molar-refractivity contribution in [3.05, 3.63) is 40.9 Å². The zero-order chi connectivity index (χ0) is 18.2. The van der Waals surface area contributed by atoms with Gasteiger partial charge in [-0.3, -0.25) is 4.79 Å². The zero-order valence-electron chi connectivity index (χ0n) is 15.5. The van der Waals surface area contributed by atoms with Crippen LogP contribution in [0.2, 0.25) is 0 Å². The maximum atomic E-state index is 12.6. The van der Waals surface area contributed by atoms with Crippen molar-refractivity contribution in [1.29, 1.82) is 0 Å². The number of carbonyl (C=O) groups excluding carboxylic acids is 1. The Morgan fingerprint density at radius 1 is 1.36 bits per heavy atom. The van der Waals surface area contributed by atoms with E-state index in [2.05, 4.69) is 29.3 Å². The molecule has 0 spiro atoms. The average Bonchev–Trinajstić information content (AvgIpc) is 2.91. The van der Waals surface area contributed by atoms with E-state index < -0.39 is 0 Å². The van der Waals surface area contributed by atoms with Crippen LogP contribution in [0.25, 0.3) is 0 Å². The van der Waals surface area contributed by atoms with Gasteiger partial charge in [0.25, 0.3) is 5.91 Å². The first-order chi connectivity index (χ1) is 12.0. The van der Waals surface area contributed by atoms with Gasteiger partial charge in [0.2, 0.25) is 0 Å². The third-order valence-corrected chi connectivity index (χ3v) is 5.20. The van der Waals surface area contributed by atoms with E-state index in [1.54, 1.807) is 12.3 Å². The highest BCUT2D eigenvalue weighted by atomic mass is 32.2. The SMILES string of the molecule is CCCCC[C@H](C)NC(=O)c1cccnc1SCc1c(C)noc1C. The minimum atomic E-state index is -0.0571. The van der Waals surface area contributed by atoms with Gasteiger partial charge < -0.3 is 9.84 Å². The van der Waals surface area contributed by atoms with Gasteiger partial charge in [0.1, 0.15) is 10.8 Å². The molecule has 6 heteroatoms. The Morgan fingerprint density at radius 3 is 2.84 bits per heavy atom. The highest BCUT2D eigenvalue weighted by Gasteiger charge is 2.16. The summed E-state index contributed by atoms with van der Waals surface area (Å²) in [5, 5.41) is 7.80. The minimum Gasteiger partial charge on any atom is -0.361 e. The molecule has 0 aliphatic heterocycles. The Labute approximate surface area is 154 Å². The largest absolute Gasteiger partial charge is 0.361 e. The molecule has 0 unspecified atom stereocenters. The number of unbranched alkanes of at least 4 members (excludes halogenated alkanes) is 2. The van der Waals surface area contributed by atoms with E-state index in [0.29, 0.717) is 11.3 Å². The third-order valence-electron chi connectivity index (χ3n) is 4.17. The summed E-state index contributed by atoms with van der Waals surface area (Å²) in [5.74, 6) is 1.44. The van der Waals surface area contributed by atoms with E-state index in [0.717, 1.165) is 34.9 Å². The van der Waals surface area contributed by atoms with Crippen LogP contribution in [-0.2, 0) is 5.75 Å². The van der Waals surface area contributed by atoms with Crippen LogP contribution < -0.4 is 5.32 Å². The molecular weight excluding hydrogens is 334 g/mol. The molecule has 136 valence electrons. The fraction of sp³-hybridized carbons (Fsp3) is 0.526. The Bertz CT molecular complexity index is 680. The number of thioether (sulfide) groups is 1. The molecule has 2 rings (SSSR count). The van der Waals surface area contributed by atoms with Crippen LogP contribution in [0.1, 0.15) is 66.9 Å². The van der Waals surface area contributed by atoms with Crippen molar-refractivity contribution in [2.75, 3.05) is 0 Å². The van der Waals surface area contributed by atoms with Crippen molar-refractivity contribution < 1.29 is 9.32 Å². The Morgan fingerprint density at radius 2 is 2.16 bits per heavy atom. The maximum Gasteiger partial charge on any atom is 0.254 e. The van der Waals surface area contributed by atoms with E-state index >= 15 is 0 Å². The topological polar surface area (TPSA) is 68.0 Å². The zero-order valence-corrected chi connectivity index (χ0v) is 16.3. The van der Waals surface area contributed by atoms with E-state index in [1.165, 1.54) is 24.6 Å². The lowest BCUT2D eigenvalue weighted by atomic mass is 10.1. The standard InChI is InChI=1S/C19H27N3O2S/c1-5-6-7-9-13(2)21-18(23)16-10-8-11-20-19(16)25-12-17-14(3)22-24-15(17)4/h8,10-11,13H,5-7,9,12H2,1-4H3,(H,21,23)/t13-/m0/s1. The molecule has 0 radical (unpaired) electrons. The van der Waals surface area contributed by atoms with Gasteiger partial charge in [0.15, 0.2) is 0 Å². The van der Waals surface area contributed by atoms with E-state index in [4.69, 9.17) is 4.52 Å². The van der Waals surface area contributed by atoms with Gasteiger partial charge in [-0.25, -0.2) is 4.98 Å². The van der Waals surface area contributed by atoms with Crippen LogP contribution in [-0.4, -0.2) is 22.1 Å². The van der Waals surface area contributed by atoms with Crippen LogP contribution in [0, 0.1) is 13.8 Å². The second kappa shape index (κ2) is 9.61. The van der Waals surface area contributed by atoms with Crippen molar-refractivity contribution >= 4 is 17.7 Å². The average molecular weight is 362 g/mol. The Kier molecular flexibility index (Phi) is 7.50. The summed E-state index contributed by atoms with van der Waals surface area (Å²) in [6.07, 6.45) is 6.24. The highest BCUT2D eigenvalue weighted by molar-refractivity contribution is 7.98. The number of hydrogen-bond donors (Lipinski definition) is 1. The minimum absolute atomic E-state index is 0.0571. The lowest BCUT2D eigenvalue weighted by Crippen LogP contribution is -2.32. The molecule has 2 aromatic heterocycles. The fourth-order valence-corrected chi connectivity index (χ4v) is 3.75. The smallest absolute Gasteiger partial charge is 0.254 e. The van der Waals surface area contributed by atoms with Crippen LogP contribution in [0.15, 0.2) is 27.9 Å². The molecule has 0 bridgehead atoms. The fourth-order valence-electron chi connectivity index (χ4n) is 2.60. The molecule has 0 aliphatic carbocycles. The second-order valence-corrected chi connectivity index (χ2v) is 7.28. The molecule has 0 aliphatic rings. The van der Waals surface area contributed by atoms with E-state index in [1.807, 2.05) is 19.9 Å². The first-order valence-electron chi connectivity index (χ1n) is 8.83. The van der Waals surface area contributed by atoms with Gasteiger partial charge >= 0.3 is 0 Å². The predicted octanol–water partition coefficient (Wildman–Crippen LogP) is 4.68. The van der Waals surface area contributed by atoms with E-state index in [-0.39, 0.29) is 11.9 Å². The van der Waals surface area contributed by atoms with Gasteiger partial charge in [-0.1, -0.05) is 31.3 Å². The molecule has 25 heavy (non-hydrogen) atoms. The molecule has 1 amide bonds. The summed E-state index contributed by atoms with van der Waals surface area (Å²) >= 11 is 1.54. The van der Waals surface area contributed by atoms with Gasteiger partial charge in [-0.2, -0.15) is 0 Å². The van der Waals surface area contributed by atoms with Crippen molar-refractivity contribution in [1.82, 2.24) is 15.5 Å². The quantitative estimate of drug-likeness (QED) is 0.519. The van der Waals surface area contributed by atoms with Gasteiger partial charge in [-0.05, 0) is 39.3 Å². The van der Waals surface area contributed by atoms with Gasteiger partial charge in [0, 0.05) is 23.6 Å². The van der Waals surface area contributed by atoms with Crippen molar-refractivity contribution in [2.45, 2.75) is 70.2 Å². The van der Waals surface area contributed by atoms with Crippen LogP contribution in [0.3, 0.4) is 0 Å². The van der Waals surface area contributed by atoms with Gasteiger partial charge in [0.05, 0.1) is 11.3 Å². The number of aryl methyl sites for hydroxylation is 2. The lowest BCUT2D eigenvalue weighted by Gasteiger charge is -2.15. The van der Waals surface area contributed by atoms with Crippen molar-refractivity contribution in [3.8, 4) is 0 Å². The summed E-state index contributed by atoms with van der Waals surface area (Å²) < 4.78 is 5.20. The monoisotopic (exact) mass is 361 g/mol. The number of hydrogen-bond acceptors (Lipinski definition) is 5. The third kappa shape index (κ3) is 5.59. The number of amides is 1. The van der Waals surface area contributed by atoms with E-state index in [9.17, 15) is 4.79 Å². The summed E-state index contributed by atoms with van der Waals surface area (Å²) in [6.45, 7) is 8.07. The van der Waals surface area contributed by atoms with Gasteiger partial charge in [-0.15, -0.1) is 11.8 Å². The lowest BCUT2D eigenvalue weighted by molar-refractivity contribution is 0.0934. The molecule has 0 fully saturated rings. The highest BCUT2D eigenvalue weighted by Crippen LogP contribution is 2.27. The number of aromatic nitrogens is 2. The molecule has 1 atom stereocenters. The maximum absolute atomic E-state index is 12.6. The molecule has 1 N–H and O–H groups in total. The Hall–Kier alpha value is -1.82. The Balaban J connectivity index is 2.00. The summed E-state index contributed by atoms with van der Waals surface area (Å²) in [5.41, 5.74) is 2.58. The first kappa shape index (κ1) is 19.5.